The number of amides is 1. The molecule has 0 aliphatic heterocycles. The van der Waals surface area contributed by atoms with E-state index in [2.05, 4.69) is 27.3 Å². The Hall–Kier alpha value is -3.34. The van der Waals surface area contributed by atoms with Crippen molar-refractivity contribution in [3.63, 3.8) is 0 Å². The summed E-state index contributed by atoms with van der Waals surface area (Å²) in [6.07, 6.45) is 4.07. The number of benzene rings is 2. The highest BCUT2D eigenvalue weighted by atomic mass is 16.5. The molecule has 0 bridgehead atoms. The standard InChI is InChI=1S/C23H25N3O2/c1-26(17-18-8-4-3-5-9-18)21-14-20(15-24-16-21)23(27)25-13-12-19-10-6-7-11-22(19)28-2/h3-11,14-16H,12-13,17H2,1-2H3,(H,25,27). The lowest BCUT2D eigenvalue weighted by molar-refractivity contribution is 0.0953. The van der Waals surface area contributed by atoms with Gasteiger partial charge >= 0.3 is 0 Å². The summed E-state index contributed by atoms with van der Waals surface area (Å²) in [5.41, 5.74) is 3.73. The Kier molecular flexibility index (Phi) is 6.63. The summed E-state index contributed by atoms with van der Waals surface area (Å²) in [6, 6.07) is 19.9. The predicted octanol–water partition coefficient (Wildman–Crippen LogP) is 3.70. The van der Waals surface area contributed by atoms with E-state index in [-0.39, 0.29) is 5.91 Å². The molecule has 5 nitrogen and oxygen atoms in total. The maximum atomic E-state index is 12.5. The summed E-state index contributed by atoms with van der Waals surface area (Å²) >= 11 is 0. The summed E-state index contributed by atoms with van der Waals surface area (Å²) in [5.74, 6) is 0.709. The zero-order valence-corrected chi connectivity index (χ0v) is 16.3. The number of rotatable bonds is 8. The third kappa shape index (κ3) is 5.10. The molecule has 144 valence electrons. The molecule has 0 aliphatic rings. The summed E-state index contributed by atoms with van der Waals surface area (Å²) in [4.78, 5) is 18.8. The van der Waals surface area contributed by atoms with Crippen molar-refractivity contribution in [2.24, 2.45) is 0 Å². The number of nitrogens with one attached hydrogen (secondary N) is 1. The summed E-state index contributed by atoms with van der Waals surface area (Å²) < 4.78 is 5.35. The lowest BCUT2D eigenvalue weighted by atomic mass is 10.1. The highest BCUT2D eigenvalue weighted by Gasteiger charge is 2.10. The van der Waals surface area contributed by atoms with Gasteiger partial charge in [-0.15, -0.1) is 0 Å². The van der Waals surface area contributed by atoms with Gasteiger partial charge < -0.3 is 15.0 Å². The van der Waals surface area contributed by atoms with Gasteiger partial charge in [-0.3, -0.25) is 9.78 Å². The number of hydrogen-bond donors (Lipinski definition) is 1. The van der Waals surface area contributed by atoms with Crippen molar-refractivity contribution in [2.75, 3.05) is 25.6 Å². The number of nitrogens with zero attached hydrogens (tertiary/aromatic N) is 2. The van der Waals surface area contributed by atoms with Gasteiger partial charge in [-0.2, -0.15) is 0 Å². The molecule has 2 aromatic carbocycles. The van der Waals surface area contributed by atoms with Gasteiger partial charge in [-0.05, 0) is 29.7 Å². The van der Waals surface area contributed by atoms with Gasteiger partial charge in [0.2, 0.25) is 0 Å². The van der Waals surface area contributed by atoms with Gasteiger partial charge in [0.15, 0.2) is 0 Å². The van der Waals surface area contributed by atoms with Crippen molar-refractivity contribution in [3.05, 3.63) is 89.7 Å². The van der Waals surface area contributed by atoms with E-state index in [9.17, 15) is 4.79 Å². The number of methoxy groups -OCH3 is 1. The van der Waals surface area contributed by atoms with Gasteiger partial charge in [0.25, 0.3) is 5.91 Å². The van der Waals surface area contributed by atoms with Gasteiger partial charge in [-0.25, -0.2) is 0 Å². The van der Waals surface area contributed by atoms with Crippen molar-refractivity contribution in [3.8, 4) is 5.75 Å². The third-order valence-corrected chi connectivity index (χ3v) is 4.56. The van der Waals surface area contributed by atoms with E-state index in [4.69, 9.17) is 4.74 Å². The topological polar surface area (TPSA) is 54.5 Å². The first kappa shape index (κ1) is 19.4. The monoisotopic (exact) mass is 375 g/mol. The van der Waals surface area contributed by atoms with Gasteiger partial charge in [0.1, 0.15) is 5.75 Å². The largest absolute Gasteiger partial charge is 0.496 e. The fraction of sp³-hybridized carbons (Fsp3) is 0.217. The van der Waals surface area contributed by atoms with Crippen molar-refractivity contribution < 1.29 is 9.53 Å². The normalized spacial score (nSPS) is 10.4. The summed E-state index contributed by atoms with van der Waals surface area (Å²) in [7, 11) is 3.65. The lowest BCUT2D eigenvalue weighted by Crippen LogP contribution is -2.26. The molecule has 0 aliphatic carbocycles. The van der Waals surface area contributed by atoms with E-state index in [0.29, 0.717) is 18.5 Å². The van der Waals surface area contributed by atoms with E-state index in [0.717, 1.165) is 23.5 Å². The van der Waals surface area contributed by atoms with Crippen LogP contribution in [0.5, 0.6) is 5.75 Å². The molecule has 3 aromatic rings. The minimum atomic E-state index is -0.127. The van der Waals surface area contributed by atoms with E-state index < -0.39 is 0 Å². The number of hydrogen-bond acceptors (Lipinski definition) is 4. The third-order valence-electron chi connectivity index (χ3n) is 4.56. The number of carbonyl (C=O) groups is 1. The molecule has 0 saturated heterocycles. The Bertz CT molecular complexity index is 912. The molecule has 0 unspecified atom stereocenters. The quantitative estimate of drug-likeness (QED) is 0.652. The van der Waals surface area contributed by atoms with E-state index in [1.165, 1.54) is 5.56 Å². The molecule has 1 N–H and O–H groups in total. The first-order chi connectivity index (χ1) is 13.7. The van der Waals surface area contributed by atoms with Crippen LogP contribution < -0.4 is 15.0 Å². The second-order valence-electron chi connectivity index (χ2n) is 6.59. The van der Waals surface area contributed by atoms with Crippen LogP contribution in [0, 0.1) is 0 Å². The Morgan fingerprint density at radius 3 is 2.61 bits per heavy atom. The molecule has 3 rings (SSSR count). The molecular weight excluding hydrogens is 350 g/mol. The van der Waals surface area contributed by atoms with Crippen LogP contribution in [-0.2, 0) is 13.0 Å². The number of ether oxygens (including phenoxy) is 1. The maximum Gasteiger partial charge on any atom is 0.252 e. The average molecular weight is 375 g/mol. The first-order valence-electron chi connectivity index (χ1n) is 9.27. The number of carbonyl (C=O) groups excluding carboxylic acids is 1. The molecule has 0 spiro atoms. The zero-order chi connectivity index (χ0) is 19.8. The van der Waals surface area contributed by atoms with Crippen LogP contribution in [0.3, 0.4) is 0 Å². The fourth-order valence-corrected chi connectivity index (χ4v) is 3.03. The van der Waals surface area contributed by atoms with Crippen LogP contribution in [-0.4, -0.2) is 31.6 Å². The first-order valence-corrected chi connectivity index (χ1v) is 9.27. The maximum absolute atomic E-state index is 12.5. The van der Waals surface area contributed by atoms with E-state index in [1.54, 1.807) is 19.5 Å². The predicted molar refractivity (Wildman–Crippen MR) is 112 cm³/mol. The number of para-hydroxylation sites is 1. The fourth-order valence-electron chi connectivity index (χ4n) is 3.03. The van der Waals surface area contributed by atoms with Gasteiger partial charge in [0.05, 0.1) is 24.6 Å². The Labute approximate surface area is 166 Å². The molecule has 5 heteroatoms. The second kappa shape index (κ2) is 9.55. The highest BCUT2D eigenvalue weighted by Crippen LogP contribution is 2.18. The van der Waals surface area contributed by atoms with Crippen LogP contribution in [0.25, 0.3) is 0 Å². The molecule has 1 heterocycles. The molecule has 0 atom stereocenters. The van der Waals surface area contributed by atoms with Gasteiger partial charge in [0, 0.05) is 26.3 Å². The molecule has 1 aromatic heterocycles. The molecule has 0 fully saturated rings. The SMILES string of the molecule is COc1ccccc1CCNC(=O)c1cncc(N(C)Cc2ccccc2)c1. The van der Waals surface area contributed by atoms with Crippen LogP contribution >= 0.6 is 0 Å². The number of anilines is 1. The lowest BCUT2D eigenvalue weighted by Gasteiger charge is -2.19. The Morgan fingerprint density at radius 2 is 1.82 bits per heavy atom. The smallest absolute Gasteiger partial charge is 0.252 e. The summed E-state index contributed by atoms with van der Waals surface area (Å²) in [6.45, 7) is 1.28. The number of aromatic nitrogens is 1. The Balaban J connectivity index is 1.59. The summed E-state index contributed by atoms with van der Waals surface area (Å²) in [5, 5.41) is 2.96. The van der Waals surface area contributed by atoms with Crippen LogP contribution in [0.2, 0.25) is 0 Å². The van der Waals surface area contributed by atoms with E-state index >= 15 is 0 Å². The number of pyridine rings is 1. The average Bonchev–Trinajstić information content (AvgIpc) is 2.75. The van der Waals surface area contributed by atoms with Crippen molar-refractivity contribution in [1.82, 2.24) is 10.3 Å². The minimum Gasteiger partial charge on any atom is -0.496 e. The molecule has 1 amide bonds. The molecular formula is C23H25N3O2. The second-order valence-corrected chi connectivity index (χ2v) is 6.59. The van der Waals surface area contributed by atoms with Crippen LogP contribution in [0.4, 0.5) is 5.69 Å². The van der Waals surface area contributed by atoms with E-state index in [1.807, 2.05) is 55.6 Å². The highest BCUT2D eigenvalue weighted by molar-refractivity contribution is 5.94. The molecule has 0 saturated carbocycles. The zero-order valence-electron chi connectivity index (χ0n) is 16.3. The molecule has 28 heavy (non-hydrogen) atoms. The van der Waals surface area contributed by atoms with Crippen molar-refractivity contribution >= 4 is 11.6 Å². The Morgan fingerprint density at radius 1 is 1.07 bits per heavy atom. The van der Waals surface area contributed by atoms with Gasteiger partial charge in [-0.1, -0.05) is 48.5 Å². The molecule has 0 radical (unpaired) electrons. The van der Waals surface area contributed by atoms with Crippen molar-refractivity contribution in [2.45, 2.75) is 13.0 Å². The van der Waals surface area contributed by atoms with Crippen LogP contribution in [0.15, 0.2) is 73.1 Å². The van der Waals surface area contributed by atoms with Crippen molar-refractivity contribution in [1.29, 1.82) is 0 Å². The van der Waals surface area contributed by atoms with Crippen LogP contribution in [0.1, 0.15) is 21.5 Å². The minimum absolute atomic E-state index is 0.127.